The molecule has 4 rings (SSSR count). The molecule has 28 heavy (non-hydrogen) atoms. The summed E-state index contributed by atoms with van der Waals surface area (Å²) in [5, 5.41) is 12.2. The Hall–Kier alpha value is -1.92. The van der Waals surface area contributed by atoms with Crippen molar-refractivity contribution >= 4 is 40.7 Å². The molecule has 1 unspecified atom stereocenters. The Bertz CT molecular complexity index is 891. The van der Waals surface area contributed by atoms with Crippen LogP contribution in [0.2, 0.25) is 10.0 Å². The van der Waals surface area contributed by atoms with E-state index < -0.39 is 11.6 Å². The van der Waals surface area contributed by atoms with Crippen LogP contribution in [0.4, 0.5) is 5.69 Å². The van der Waals surface area contributed by atoms with E-state index in [1.165, 1.54) is 4.90 Å². The molecule has 2 fully saturated rings. The lowest BCUT2D eigenvalue weighted by molar-refractivity contribution is -0.124. The highest BCUT2D eigenvalue weighted by molar-refractivity contribution is 6.31. The van der Waals surface area contributed by atoms with E-state index in [2.05, 4.69) is 0 Å². The highest BCUT2D eigenvalue weighted by Crippen LogP contribution is 2.36. The van der Waals surface area contributed by atoms with Crippen LogP contribution in [0, 0.1) is 0 Å². The highest BCUT2D eigenvalue weighted by Gasteiger charge is 2.45. The molecule has 0 aromatic heterocycles. The third kappa shape index (κ3) is 3.55. The van der Waals surface area contributed by atoms with Crippen molar-refractivity contribution in [1.82, 2.24) is 4.90 Å². The first-order valence-electron chi connectivity index (χ1n) is 9.22. The van der Waals surface area contributed by atoms with Gasteiger partial charge in [0.15, 0.2) is 0 Å². The van der Waals surface area contributed by atoms with E-state index in [4.69, 9.17) is 23.2 Å². The molecule has 0 saturated carbocycles. The quantitative estimate of drug-likeness (QED) is 0.773. The largest absolute Gasteiger partial charge is 0.385 e. The van der Waals surface area contributed by atoms with Gasteiger partial charge in [0.2, 0.25) is 5.91 Å². The number of anilines is 1. The second-order valence-electron chi connectivity index (χ2n) is 7.34. The molecule has 1 N–H and O–H groups in total. The lowest BCUT2D eigenvalue weighted by Gasteiger charge is -2.40. The molecule has 146 valence electrons. The number of amides is 2. The summed E-state index contributed by atoms with van der Waals surface area (Å²) in [5.41, 5.74) is 0.424. The summed E-state index contributed by atoms with van der Waals surface area (Å²) in [6, 6.07) is 13.4. The molecular weight excluding hydrogens is 399 g/mol. The van der Waals surface area contributed by atoms with Crippen LogP contribution < -0.4 is 4.90 Å². The minimum absolute atomic E-state index is 0.154. The average Bonchev–Trinajstić information content (AvgIpc) is 2.98. The number of hydrogen-bond acceptors (Lipinski definition) is 4. The molecule has 0 bridgehead atoms. The van der Waals surface area contributed by atoms with E-state index in [1.54, 1.807) is 36.4 Å². The van der Waals surface area contributed by atoms with Crippen LogP contribution in [0.25, 0.3) is 0 Å². The molecule has 2 aliphatic heterocycles. The van der Waals surface area contributed by atoms with Crippen LogP contribution in [0.5, 0.6) is 0 Å². The number of aliphatic hydroxyl groups is 1. The number of rotatable bonds is 3. The molecule has 0 spiro atoms. The predicted molar refractivity (Wildman–Crippen MR) is 109 cm³/mol. The molecule has 2 amide bonds. The van der Waals surface area contributed by atoms with E-state index in [0.29, 0.717) is 41.7 Å². The van der Waals surface area contributed by atoms with Gasteiger partial charge in [-0.3, -0.25) is 14.5 Å². The van der Waals surface area contributed by atoms with Crippen molar-refractivity contribution in [2.75, 3.05) is 18.0 Å². The third-order valence-corrected chi connectivity index (χ3v) is 6.16. The van der Waals surface area contributed by atoms with Gasteiger partial charge in [-0.05, 0) is 54.8 Å². The number of likely N-dealkylation sites (tertiary alicyclic amines) is 1. The van der Waals surface area contributed by atoms with E-state index in [9.17, 15) is 14.7 Å². The molecule has 1 atom stereocenters. The van der Waals surface area contributed by atoms with Crippen LogP contribution in [-0.4, -0.2) is 41.0 Å². The highest BCUT2D eigenvalue weighted by atomic mass is 35.5. The third-order valence-electron chi connectivity index (χ3n) is 5.66. The Kier molecular flexibility index (Phi) is 5.19. The van der Waals surface area contributed by atoms with Crippen molar-refractivity contribution < 1.29 is 14.7 Å². The monoisotopic (exact) mass is 418 g/mol. The zero-order valence-electron chi connectivity index (χ0n) is 15.1. The maximum Gasteiger partial charge on any atom is 0.251 e. The lowest BCUT2D eigenvalue weighted by Crippen LogP contribution is -2.49. The van der Waals surface area contributed by atoms with E-state index in [-0.39, 0.29) is 18.2 Å². The van der Waals surface area contributed by atoms with Crippen molar-refractivity contribution in [2.45, 2.75) is 30.9 Å². The van der Waals surface area contributed by atoms with Gasteiger partial charge in [0.05, 0.1) is 23.8 Å². The molecule has 2 aromatic carbocycles. The van der Waals surface area contributed by atoms with Gasteiger partial charge in [-0.1, -0.05) is 35.3 Å². The first kappa shape index (κ1) is 19.4. The maximum atomic E-state index is 12.9. The van der Waals surface area contributed by atoms with Crippen LogP contribution >= 0.6 is 23.2 Å². The van der Waals surface area contributed by atoms with Gasteiger partial charge in [0, 0.05) is 23.1 Å². The fourth-order valence-corrected chi connectivity index (χ4v) is 4.27. The zero-order valence-corrected chi connectivity index (χ0v) is 16.7. The Morgan fingerprint density at radius 2 is 1.43 bits per heavy atom. The van der Waals surface area contributed by atoms with Gasteiger partial charge in [0.25, 0.3) is 5.91 Å². The van der Waals surface area contributed by atoms with Gasteiger partial charge >= 0.3 is 0 Å². The van der Waals surface area contributed by atoms with Gasteiger partial charge in [-0.25, -0.2) is 4.90 Å². The van der Waals surface area contributed by atoms with Gasteiger partial charge in [-0.2, -0.15) is 0 Å². The molecule has 2 aromatic rings. The summed E-state index contributed by atoms with van der Waals surface area (Å²) < 4.78 is 0. The Balaban J connectivity index is 1.46. The zero-order chi connectivity index (χ0) is 19.9. The average molecular weight is 419 g/mol. The summed E-state index contributed by atoms with van der Waals surface area (Å²) in [6.45, 7) is 1.08. The number of halogens is 2. The molecule has 2 heterocycles. The molecule has 2 saturated heterocycles. The smallest absolute Gasteiger partial charge is 0.251 e. The number of imide groups is 1. The first-order valence-corrected chi connectivity index (χ1v) is 9.98. The van der Waals surface area contributed by atoms with E-state index >= 15 is 0 Å². The summed E-state index contributed by atoms with van der Waals surface area (Å²) in [7, 11) is 0. The fraction of sp³-hybridized carbons (Fsp3) is 0.333. The van der Waals surface area contributed by atoms with Crippen LogP contribution in [0.1, 0.15) is 24.8 Å². The molecule has 2 aliphatic rings. The van der Waals surface area contributed by atoms with Crippen molar-refractivity contribution in [2.24, 2.45) is 0 Å². The minimum Gasteiger partial charge on any atom is -0.385 e. The Morgan fingerprint density at radius 3 is 2.00 bits per heavy atom. The van der Waals surface area contributed by atoms with Crippen molar-refractivity contribution in [3.05, 3.63) is 64.1 Å². The number of carbonyl (C=O) groups is 2. The van der Waals surface area contributed by atoms with Gasteiger partial charge < -0.3 is 5.11 Å². The van der Waals surface area contributed by atoms with Gasteiger partial charge in [0.1, 0.15) is 0 Å². The van der Waals surface area contributed by atoms with Crippen LogP contribution in [0.3, 0.4) is 0 Å². The second kappa shape index (κ2) is 7.48. The van der Waals surface area contributed by atoms with Gasteiger partial charge in [-0.15, -0.1) is 0 Å². The first-order chi connectivity index (χ1) is 13.4. The maximum absolute atomic E-state index is 12.9. The molecule has 5 nitrogen and oxygen atoms in total. The van der Waals surface area contributed by atoms with Crippen molar-refractivity contribution in [3.63, 3.8) is 0 Å². The van der Waals surface area contributed by atoms with E-state index in [1.807, 2.05) is 17.0 Å². The summed E-state index contributed by atoms with van der Waals surface area (Å²) in [4.78, 5) is 28.6. The number of benzene rings is 2. The molecule has 0 radical (unpaired) electrons. The van der Waals surface area contributed by atoms with Crippen molar-refractivity contribution in [3.8, 4) is 0 Å². The molecule has 0 aliphatic carbocycles. The standard InChI is InChI=1S/C21H20Cl2N2O3/c22-15-3-1-14(2-4-15)21(28)9-11-24(12-10-21)18-13-19(26)25(20(18)27)17-7-5-16(23)6-8-17/h1-8,18,28H,9-13H2. The SMILES string of the molecule is O=C1CC(N2CCC(O)(c3ccc(Cl)cc3)CC2)C(=O)N1c1ccc(Cl)cc1. The molecule has 7 heteroatoms. The lowest BCUT2D eigenvalue weighted by atomic mass is 9.84. The predicted octanol–water partition coefficient (Wildman–Crippen LogP) is 3.61. The summed E-state index contributed by atoms with van der Waals surface area (Å²) in [5.74, 6) is -0.430. The number of nitrogens with zero attached hydrogens (tertiary/aromatic N) is 2. The number of hydrogen-bond donors (Lipinski definition) is 1. The normalized spacial score (nSPS) is 22.7. The fourth-order valence-electron chi connectivity index (χ4n) is 4.02. The molecular formula is C21H20Cl2N2O3. The van der Waals surface area contributed by atoms with E-state index in [0.717, 1.165) is 5.56 Å². The number of piperidine rings is 1. The van der Waals surface area contributed by atoms with Crippen LogP contribution in [0.15, 0.2) is 48.5 Å². The Morgan fingerprint density at radius 1 is 0.893 bits per heavy atom. The summed E-state index contributed by atoms with van der Waals surface area (Å²) >= 11 is 11.8. The second-order valence-corrected chi connectivity index (χ2v) is 8.21. The van der Waals surface area contributed by atoms with Crippen LogP contribution in [-0.2, 0) is 15.2 Å². The number of carbonyl (C=O) groups excluding carboxylic acids is 2. The summed E-state index contributed by atoms with van der Waals surface area (Å²) in [6.07, 6.45) is 1.14. The minimum atomic E-state index is -0.942. The van der Waals surface area contributed by atoms with Crippen molar-refractivity contribution in [1.29, 1.82) is 0 Å². The Labute approximate surface area is 173 Å². The topological polar surface area (TPSA) is 60.9 Å².